The number of rotatable bonds is 4. The molecule has 132 valence electrons. The summed E-state index contributed by atoms with van der Waals surface area (Å²) in [5, 5.41) is 3.35. The first-order valence-electron chi connectivity index (χ1n) is 8.01. The van der Waals surface area contributed by atoms with Crippen LogP contribution in [-0.2, 0) is 0 Å². The molecule has 0 saturated carbocycles. The minimum absolute atomic E-state index is 0.221. The van der Waals surface area contributed by atoms with Crippen LogP contribution in [-0.4, -0.2) is 10.9 Å². The SMILES string of the molecule is Cc1cc(C)c(C(=O)Nc2ccc(Oc3ccccc3Cl)cc2)c(N)n1. The Morgan fingerprint density at radius 2 is 1.81 bits per heavy atom. The smallest absolute Gasteiger partial charge is 0.259 e. The number of carbonyl (C=O) groups is 1. The number of pyridine rings is 1. The number of aryl methyl sites for hydroxylation is 2. The standard InChI is InChI=1S/C20H18ClN3O2/c1-12-11-13(2)23-19(22)18(12)20(25)24-14-7-9-15(10-8-14)26-17-6-4-3-5-16(17)21/h3-11H,1-2H3,(H2,22,23)(H,24,25). The van der Waals surface area contributed by atoms with Gasteiger partial charge in [-0.3, -0.25) is 4.79 Å². The second kappa shape index (κ2) is 7.45. The van der Waals surface area contributed by atoms with Gasteiger partial charge in [0.1, 0.15) is 17.3 Å². The molecule has 0 aliphatic carbocycles. The number of hydrogen-bond donors (Lipinski definition) is 2. The Hall–Kier alpha value is -3.05. The zero-order valence-electron chi connectivity index (χ0n) is 14.4. The summed E-state index contributed by atoms with van der Waals surface area (Å²) in [5.41, 5.74) is 8.46. The number of para-hydroxylation sites is 1. The van der Waals surface area contributed by atoms with Gasteiger partial charge in [0.05, 0.1) is 10.6 Å². The van der Waals surface area contributed by atoms with Crippen molar-refractivity contribution in [1.29, 1.82) is 0 Å². The van der Waals surface area contributed by atoms with E-state index in [1.165, 1.54) is 0 Å². The highest BCUT2D eigenvalue weighted by Crippen LogP contribution is 2.29. The molecule has 0 spiro atoms. The number of nitrogen functional groups attached to an aromatic ring is 1. The monoisotopic (exact) mass is 367 g/mol. The average Bonchev–Trinajstić information content (AvgIpc) is 2.57. The van der Waals surface area contributed by atoms with Crippen LogP contribution in [0.2, 0.25) is 5.02 Å². The summed E-state index contributed by atoms with van der Waals surface area (Å²) >= 11 is 6.08. The maximum atomic E-state index is 12.5. The molecule has 0 unspecified atom stereocenters. The van der Waals surface area contributed by atoms with Gasteiger partial charge in [0, 0.05) is 11.4 Å². The van der Waals surface area contributed by atoms with Crippen molar-refractivity contribution in [2.24, 2.45) is 0 Å². The Morgan fingerprint density at radius 1 is 1.12 bits per heavy atom. The van der Waals surface area contributed by atoms with Gasteiger partial charge >= 0.3 is 0 Å². The van der Waals surface area contributed by atoms with Crippen molar-refractivity contribution >= 4 is 29.0 Å². The number of aromatic nitrogens is 1. The fourth-order valence-electron chi connectivity index (χ4n) is 2.62. The van der Waals surface area contributed by atoms with Crippen molar-refractivity contribution in [2.45, 2.75) is 13.8 Å². The van der Waals surface area contributed by atoms with Gasteiger partial charge < -0.3 is 15.8 Å². The first kappa shape index (κ1) is 17.8. The molecule has 0 aliphatic heterocycles. The van der Waals surface area contributed by atoms with E-state index < -0.39 is 0 Å². The molecule has 3 N–H and O–H groups in total. The molecule has 0 fully saturated rings. The van der Waals surface area contributed by atoms with Gasteiger partial charge in [0.2, 0.25) is 0 Å². The number of carbonyl (C=O) groups excluding carboxylic acids is 1. The van der Waals surface area contributed by atoms with Crippen LogP contribution in [0.1, 0.15) is 21.6 Å². The number of benzene rings is 2. The van der Waals surface area contributed by atoms with Gasteiger partial charge in [-0.2, -0.15) is 0 Å². The highest BCUT2D eigenvalue weighted by atomic mass is 35.5. The molecule has 2 aromatic carbocycles. The van der Waals surface area contributed by atoms with E-state index >= 15 is 0 Å². The lowest BCUT2D eigenvalue weighted by Gasteiger charge is -2.11. The van der Waals surface area contributed by atoms with E-state index in [1.54, 1.807) is 36.4 Å². The van der Waals surface area contributed by atoms with E-state index in [2.05, 4.69) is 10.3 Å². The normalized spacial score (nSPS) is 10.4. The van der Waals surface area contributed by atoms with E-state index in [0.29, 0.717) is 27.8 Å². The zero-order chi connectivity index (χ0) is 18.7. The van der Waals surface area contributed by atoms with Crippen molar-refractivity contribution in [3.05, 3.63) is 76.4 Å². The first-order chi connectivity index (χ1) is 12.4. The zero-order valence-corrected chi connectivity index (χ0v) is 15.2. The van der Waals surface area contributed by atoms with Crippen LogP contribution < -0.4 is 15.8 Å². The Kier molecular flexibility index (Phi) is 5.09. The summed E-state index contributed by atoms with van der Waals surface area (Å²) in [4.78, 5) is 16.7. The third-order valence-electron chi connectivity index (χ3n) is 3.78. The summed E-state index contributed by atoms with van der Waals surface area (Å²) in [6, 6.07) is 16.0. The average molecular weight is 368 g/mol. The lowest BCUT2D eigenvalue weighted by Crippen LogP contribution is -2.17. The molecule has 5 nitrogen and oxygen atoms in total. The number of nitrogens with one attached hydrogen (secondary N) is 1. The second-order valence-corrected chi connectivity index (χ2v) is 6.26. The number of anilines is 2. The van der Waals surface area contributed by atoms with Gasteiger partial charge in [-0.05, 0) is 61.9 Å². The van der Waals surface area contributed by atoms with E-state index in [4.69, 9.17) is 22.1 Å². The summed E-state index contributed by atoms with van der Waals surface area (Å²) in [5.74, 6) is 1.11. The van der Waals surface area contributed by atoms with Crippen LogP contribution in [0.4, 0.5) is 11.5 Å². The quantitative estimate of drug-likeness (QED) is 0.681. The highest BCUT2D eigenvalue weighted by molar-refractivity contribution is 6.32. The Balaban J connectivity index is 1.74. The molecule has 1 heterocycles. The molecule has 3 aromatic rings. The van der Waals surface area contributed by atoms with Crippen molar-refractivity contribution in [1.82, 2.24) is 4.98 Å². The van der Waals surface area contributed by atoms with Crippen molar-refractivity contribution in [2.75, 3.05) is 11.1 Å². The van der Waals surface area contributed by atoms with Gasteiger partial charge in [0.15, 0.2) is 0 Å². The third-order valence-corrected chi connectivity index (χ3v) is 4.09. The van der Waals surface area contributed by atoms with Gasteiger partial charge in [-0.1, -0.05) is 23.7 Å². The number of halogens is 1. The number of nitrogens with two attached hydrogens (primary N) is 1. The van der Waals surface area contributed by atoms with Crippen molar-refractivity contribution in [3.63, 3.8) is 0 Å². The predicted molar refractivity (Wildman–Crippen MR) is 104 cm³/mol. The molecule has 1 aromatic heterocycles. The summed E-state index contributed by atoms with van der Waals surface area (Å²) < 4.78 is 5.73. The molecular formula is C20H18ClN3O2. The maximum absolute atomic E-state index is 12.5. The van der Waals surface area contributed by atoms with Gasteiger partial charge in [0.25, 0.3) is 5.91 Å². The second-order valence-electron chi connectivity index (χ2n) is 5.85. The van der Waals surface area contributed by atoms with Gasteiger partial charge in [-0.25, -0.2) is 4.98 Å². The molecule has 0 aliphatic rings. The lowest BCUT2D eigenvalue weighted by atomic mass is 10.1. The molecule has 1 amide bonds. The highest BCUT2D eigenvalue weighted by Gasteiger charge is 2.15. The minimum atomic E-state index is -0.299. The van der Waals surface area contributed by atoms with E-state index in [-0.39, 0.29) is 11.7 Å². The van der Waals surface area contributed by atoms with Crippen LogP contribution in [0.15, 0.2) is 54.6 Å². The number of hydrogen-bond acceptors (Lipinski definition) is 4. The summed E-state index contributed by atoms with van der Waals surface area (Å²) in [6.45, 7) is 3.67. The fourth-order valence-corrected chi connectivity index (χ4v) is 2.79. The summed E-state index contributed by atoms with van der Waals surface area (Å²) in [6.07, 6.45) is 0. The van der Waals surface area contributed by atoms with Crippen molar-refractivity contribution in [3.8, 4) is 11.5 Å². The van der Waals surface area contributed by atoms with Crippen LogP contribution in [0, 0.1) is 13.8 Å². The number of ether oxygens (including phenoxy) is 1. The topological polar surface area (TPSA) is 77.2 Å². The molecular weight excluding hydrogens is 350 g/mol. The molecule has 0 saturated heterocycles. The molecule has 0 bridgehead atoms. The summed E-state index contributed by atoms with van der Waals surface area (Å²) in [7, 11) is 0. The lowest BCUT2D eigenvalue weighted by molar-refractivity contribution is 0.102. The van der Waals surface area contributed by atoms with E-state index in [0.717, 1.165) is 11.3 Å². The molecule has 6 heteroatoms. The van der Waals surface area contributed by atoms with Crippen LogP contribution in [0.5, 0.6) is 11.5 Å². The van der Waals surface area contributed by atoms with Gasteiger partial charge in [-0.15, -0.1) is 0 Å². The fraction of sp³-hybridized carbons (Fsp3) is 0.100. The van der Waals surface area contributed by atoms with E-state index in [9.17, 15) is 4.79 Å². The molecule has 0 radical (unpaired) electrons. The molecule has 3 rings (SSSR count). The largest absolute Gasteiger partial charge is 0.456 e. The van der Waals surface area contributed by atoms with Crippen LogP contribution in [0.25, 0.3) is 0 Å². The molecule has 0 atom stereocenters. The Bertz CT molecular complexity index is 933. The van der Waals surface area contributed by atoms with Crippen LogP contribution in [0.3, 0.4) is 0 Å². The third kappa shape index (κ3) is 3.95. The van der Waals surface area contributed by atoms with Crippen LogP contribution >= 0.6 is 11.6 Å². The predicted octanol–water partition coefficient (Wildman–Crippen LogP) is 4.98. The van der Waals surface area contributed by atoms with Crippen molar-refractivity contribution < 1.29 is 9.53 Å². The maximum Gasteiger partial charge on any atom is 0.259 e. The minimum Gasteiger partial charge on any atom is -0.456 e. The number of amides is 1. The Morgan fingerprint density at radius 3 is 2.46 bits per heavy atom. The first-order valence-corrected chi connectivity index (χ1v) is 8.39. The van der Waals surface area contributed by atoms with E-state index in [1.807, 2.05) is 32.0 Å². The Labute approximate surface area is 156 Å². The molecule has 26 heavy (non-hydrogen) atoms. The number of nitrogens with zero attached hydrogens (tertiary/aromatic N) is 1.